The number of rotatable bonds is 2. The molecule has 1 atom stereocenters. The van der Waals surface area contributed by atoms with Gasteiger partial charge in [0.25, 0.3) is 0 Å². The zero-order valence-electron chi connectivity index (χ0n) is 3.95. The molecule has 0 aromatic heterocycles. The van der Waals surface area contributed by atoms with Crippen LogP contribution in [0.2, 0.25) is 0 Å². The minimum absolute atomic E-state index is 0.245. The van der Waals surface area contributed by atoms with Crippen LogP contribution < -0.4 is 5.73 Å². The smallest absolute Gasteiger partial charge is 0.0319 e. The maximum atomic E-state index is 5.50. The highest BCUT2D eigenvalue weighted by atomic mass is 35.5. The predicted octanol–water partition coefficient (Wildman–Crippen LogP) is 0.963. The Morgan fingerprint density at radius 1 is 1.83 bits per heavy atom. The monoisotopic (exact) mass is 107 g/mol. The molecular formula is C4H10ClN. The van der Waals surface area contributed by atoms with Crippen molar-refractivity contribution in [3.63, 3.8) is 0 Å². The summed E-state index contributed by atoms with van der Waals surface area (Å²) in [7, 11) is 0. The molecule has 0 amide bonds. The first kappa shape index (κ1) is 6.25. The van der Waals surface area contributed by atoms with E-state index in [0.29, 0.717) is 6.54 Å². The molecule has 6 heavy (non-hydrogen) atoms. The Labute approximate surface area is 43.5 Å². The normalized spacial score (nSPS) is 14.5. The van der Waals surface area contributed by atoms with E-state index in [1.807, 2.05) is 6.92 Å². The Balaban J connectivity index is 2.63. The lowest BCUT2D eigenvalue weighted by molar-refractivity contribution is 0.815. The maximum Gasteiger partial charge on any atom is 0.0319 e. The summed E-state index contributed by atoms with van der Waals surface area (Å²) < 4.78 is 0. The summed E-state index contributed by atoms with van der Waals surface area (Å²) >= 11 is 5.50. The molecule has 0 heterocycles. The van der Waals surface area contributed by atoms with Crippen LogP contribution in [0.4, 0.5) is 0 Å². The first-order valence-corrected chi connectivity index (χ1v) is 2.55. The molecule has 0 rings (SSSR count). The van der Waals surface area contributed by atoms with Crippen molar-refractivity contribution < 1.29 is 0 Å². The lowest BCUT2D eigenvalue weighted by Gasteiger charge is -1.93. The number of hydrogen-bond donors (Lipinski definition) is 1. The summed E-state index contributed by atoms with van der Waals surface area (Å²) in [4.78, 5) is 0. The van der Waals surface area contributed by atoms with Crippen molar-refractivity contribution in [2.75, 3.05) is 6.54 Å². The molecular weight excluding hydrogens is 97.5 g/mol. The molecule has 2 heteroatoms. The number of hydrogen-bond acceptors (Lipinski definition) is 1. The first-order chi connectivity index (χ1) is 2.77. The summed E-state index contributed by atoms with van der Waals surface area (Å²) in [5, 5.41) is 0.245. The van der Waals surface area contributed by atoms with Crippen molar-refractivity contribution in [3.05, 3.63) is 0 Å². The Bertz CT molecular complexity index is 28.7. The third-order valence-electron chi connectivity index (χ3n) is 0.564. The summed E-state index contributed by atoms with van der Waals surface area (Å²) in [5.41, 5.74) is 5.14. The van der Waals surface area contributed by atoms with Crippen molar-refractivity contribution >= 4 is 11.6 Å². The first-order valence-electron chi connectivity index (χ1n) is 2.11. The molecule has 0 aliphatic heterocycles. The fourth-order valence-corrected chi connectivity index (χ4v) is 0.356. The van der Waals surface area contributed by atoms with Crippen LogP contribution in [0.25, 0.3) is 0 Å². The molecule has 38 valence electrons. The van der Waals surface area contributed by atoms with E-state index in [-0.39, 0.29) is 5.38 Å². The van der Waals surface area contributed by atoms with Gasteiger partial charge in [-0.05, 0) is 19.9 Å². The molecule has 0 radical (unpaired) electrons. The zero-order valence-corrected chi connectivity index (χ0v) is 4.70. The van der Waals surface area contributed by atoms with E-state index in [1.165, 1.54) is 0 Å². The molecule has 0 saturated carbocycles. The number of halogens is 1. The van der Waals surface area contributed by atoms with Gasteiger partial charge in [-0.15, -0.1) is 11.6 Å². The van der Waals surface area contributed by atoms with Gasteiger partial charge in [0.05, 0.1) is 0 Å². The molecule has 0 saturated heterocycles. The van der Waals surface area contributed by atoms with Gasteiger partial charge in [-0.25, -0.2) is 0 Å². The Hall–Kier alpha value is 0.250. The average molecular weight is 108 g/mol. The highest BCUT2D eigenvalue weighted by molar-refractivity contribution is 6.20. The molecule has 0 aliphatic rings. The molecule has 0 spiro atoms. The van der Waals surface area contributed by atoms with Crippen LogP contribution in [0.3, 0.4) is 0 Å². The van der Waals surface area contributed by atoms with Gasteiger partial charge in [0.1, 0.15) is 0 Å². The van der Waals surface area contributed by atoms with Gasteiger partial charge >= 0.3 is 0 Å². The van der Waals surface area contributed by atoms with E-state index in [0.717, 1.165) is 6.42 Å². The fraction of sp³-hybridized carbons (Fsp3) is 1.00. The molecule has 0 aromatic rings. The van der Waals surface area contributed by atoms with E-state index < -0.39 is 0 Å². The van der Waals surface area contributed by atoms with Crippen LogP contribution in [0.15, 0.2) is 0 Å². The van der Waals surface area contributed by atoms with Crippen molar-refractivity contribution in [1.29, 1.82) is 0 Å². The Kier molecular flexibility index (Phi) is 3.58. The minimum Gasteiger partial charge on any atom is -0.330 e. The van der Waals surface area contributed by atoms with Crippen LogP contribution in [-0.4, -0.2) is 11.9 Å². The summed E-state index contributed by atoms with van der Waals surface area (Å²) in [5.74, 6) is 0. The summed E-state index contributed by atoms with van der Waals surface area (Å²) in [6.07, 6.45) is 0.918. The highest BCUT2D eigenvalue weighted by Crippen LogP contribution is 1.95. The van der Waals surface area contributed by atoms with Crippen LogP contribution in [0, 0.1) is 0 Å². The third-order valence-corrected chi connectivity index (χ3v) is 0.783. The molecule has 2 N–H and O–H groups in total. The van der Waals surface area contributed by atoms with Gasteiger partial charge in [0.15, 0.2) is 0 Å². The summed E-state index contributed by atoms with van der Waals surface area (Å²) in [6.45, 7) is 2.64. The zero-order chi connectivity index (χ0) is 4.99. The van der Waals surface area contributed by atoms with Gasteiger partial charge < -0.3 is 5.73 Å². The van der Waals surface area contributed by atoms with Gasteiger partial charge in [-0.2, -0.15) is 0 Å². The second-order valence-corrected chi connectivity index (χ2v) is 2.10. The second-order valence-electron chi connectivity index (χ2n) is 1.36. The number of alkyl halides is 1. The van der Waals surface area contributed by atoms with E-state index >= 15 is 0 Å². The van der Waals surface area contributed by atoms with Crippen LogP contribution in [-0.2, 0) is 0 Å². The van der Waals surface area contributed by atoms with Gasteiger partial charge in [0, 0.05) is 5.38 Å². The van der Waals surface area contributed by atoms with Gasteiger partial charge in [-0.1, -0.05) is 0 Å². The summed E-state index contributed by atoms with van der Waals surface area (Å²) in [6, 6.07) is 0. The minimum atomic E-state index is 0.245. The molecule has 1 nitrogen and oxygen atoms in total. The molecule has 0 bridgehead atoms. The Morgan fingerprint density at radius 3 is 2.33 bits per heavy atom. The highest BCUT2D eigenvalue weighted by Gasteiger charge is 1.88. The van der Waals surface area contributed by atoms with E-state index in [1.54, 1.807) is 0 Å². The topological polar surface area (TPSA) is 26.0 Å². The van der Waals surface area contributed by atoms with Crippen LogP contribution >= 0.6 is 11.6 Å². The van der Waals surface area contributed by atoms with Crippen molar-refractivity contribution in [2.24, 2.45) is 5.73 Å². The Morgan fingerprint density at radius 2 is 2.33 bits per heavy atom. The maximum absolute atomic E-state index is 5.50. The van der Waals surface area contributed by atoms with Crippen molar-refractivity contribution in [1.82, 2.24) is 0 Å². The lowest BCUT2D eigenvalue weighted by atomic mass is 10.3. The lowest BCUT2D eigenvalue weighted by Crippen LogP contribution is -2.03. The van der Waals surface area contributed by atoms with E-state index in [2.05, 4.69) is 0 Å². The van der Waals surface area contributed by atoms with Gasteiger partial charge in [0.2, 0.25) is 0 Å². The SMILES string of the molecule is C[C@H](Cl)CCN. The predicted molar refractivity (Wildman–Crippen MR) is 29.0 cm³/mol. The molecule has 0 aliphatic carbocycles. The number of nitrogens with two attached hydrogens (primary N) is 1. The fourth-order valence-electron chi connectivity index (χ4n) is 0.230. The molecule has 0 fully saturated rings. The van der Waals surface area contributed by atoms with Crippen molar-refractivity contribution in [3.8, 4) is 0 Å². The second kappa shape index (κ2) is 3.44. The average Bonchev–Trinajstić information content (AvgIpc) is 1.35. The molecule has 0 unspecified atom stereocenters. The standard InChI is InChI=1S/C4H10ClN/c1-4(5)2-3-6/h4H,2-3,6H2,1H3/t4-/m0/s1. The molecule has 0 aromatic carbocycles. The van der Waals surface area contributed by atoms with E-state index in [9.17, 15) is 0 Å². The van der Waals surface area contributed by atoms with Crippen LogP contribution in [0.5, 0.6) is 0 Å². The third kappa shape index (κ3) is 4.25. The largest absolute Gasteiger partial charge is 0.330 e. The van der Waals surface area contributed by atoms with Crippen LogP contribution in [0.1, 0.15) is 13.3 Å². The van der Waals surface area contributed by atoms with Gasteiger partial charge in [-0.3, -0.25) is 0 Å². The van der Waals surface area contributed by atoms with Crippen molar-refractivity contribution in [2.45, 2.75) is 18.7 Å². The quantitative estimate of drug-likeness (QED) is 0.523. The van der Waals surface area contributed by atoms with E-state index in [4.69, 9.17) is 17.3 Å².